The second-order valence-electron chi connectivity index (χ2n) is 3.90. The first-order valence-corrected chi connectivity index (χ1v) is 6.06. The Morgan fingerprint density at radius 3 is 3.14 bits per heavy atom. The van der Waals surface area contributed by atoms with Crippen molar-refractivity contribution in [2.45, 2.75) is 25.9 Å². The molecule has 0 bridgehead atoms. The van der Waals surface area contributed by atoms with Crippen molar-refractivity contribution in [2.24, 2.45) is 11.7 Å². The van der Waals surface area contributed by atoms with E-state index in [1.54, 1.807) is 11.3 Å². The fourth-order valence-corrected chi connectivity index (χ4v) is 3.12. The first kappa shape index (κ1) is 10.1. The lowest BCUT2D eigenvalue weighted by Crippen LogP contribution is -2.28. The van der Waals surface area contributed by atoms with Crippen LogP contribution in [0.2, 0.25) is 0 Å². The van der Waals surface area contributed by atoms with Crippen molar-refractivity contribution in [1.29, 1.82) is 0 Å². The van der Waals surface area contributed by atoms with Crippen molar-refractivity contribution in [2.75, 3.05) is 13.2 Å². The Bertz CT molecular complexity index is 297. The summed E-state index contributed by atoms with van der Waals surface area (Å²) < 4.78 is 5.84. The molecule has 78 valence electrons. The van der Waals surface area contributed by atoms with Crippen molar-refractivity contribution in [3.05, 3.63) is 21.9 Å². The molecule has 1 aromatic heterocycles. The molecule has 0 amide bonds. The van der Waals surface area contributed by atoms with Gasteiger partial charge in [0.2, 0.25) is 0 Å². The largest absolute Gasteiger partial charge is 0.372 e. The average molecular weight is 211 g/mol. The van der Waals surface area contributed by atoms with Crippen LogP contribution >= 0.6 is 11.3 Å². The number of rotatable bonds is 2. The monoisotopic (exact) mass is 211 g/mol. The zero-order valence-electron chi connectivity index (χ0n) is 8.53. The second-order valence-corrected chi connectivity index (χ2v) is 4.84. The molecule has 2 N–H and O–H groups in total. The molecule has 0 radical (unpaired) electrons. The quantitative estimate of drug-likeness (QED) is 0.815. The lowest BCUT2D eigenvalue weighted by atomic mass is 9.92. The molecule has 1 aliphatic heterocycles. The second kappa shape index (κ2) is 4.43. The Morgan fingerprint density at radius 1 is 1.64 bits per heavy atom. The van der Waals surface area contributed by atoms with E-state index in [1.165, 1.54) is 16.9 Å². The SMILES string of the molecule is Cc1ccsc1C1OCCCC1CN. The smallest absolute Gasteiger partial charge is 0.0959 e. The summed E-state index contributed by atoms with van der Waals surface area (Å²) in [5.41, 5.74) is 7.12. The summed E-state index contributed by atoms with van der Waals surface area (Å²) in [6, 6.07) is 2.16. The molecular formula is C11H17NOS. The third-order valence-corrected chi connectivity index (χ3v) is 3.99. The average Bonchev–Trinajstić information content (AvgIpc) is 2.64. The van der Waals surface area contributed by atoms with Gasteiger partial charge in [0.25, 0.3) is 0 Å². The predicted molar refractivity (Wildman–Crippen MR) is 59.5 cm³/mol. The van der Waals surface area contributed by atoms with Crippen LogP contribution in [0.5, 0.6) is 0 Å². The van der Waals surface area contributed by atoms with E-state index >= 15 is 0 Å². The standard InChI is InChI=1S/C11H17NOS/c1-8-4-6-14-11(8)10-9(7-12)3-2-5-13-10/h4,6,9-10H,2-3,5,7,12H2,1H3. The minimum absolute atomic E-state index is 0.258. The van der Waals surface area contributed by atoms with E-state index in [4.69, 9.17) is 10.5 Å². The van der Waals surface area contributed by atoms with Gasteiger partial charge in [-0.15, -0.1) is 11.3 Å². The van der Waals surface area contributed by atoms with Crippen LogP contribution in [0.15, 0.2) is 11.4 Å². The summed E-state index contributed by atoms with van der Waals surface area (Å²) in [4.78, 5) is 1.38. The van der Waals surface area contributed by atoms with Gasteiger partial charge in [-0.25, -0.2) is 0 Å². The highest BCUT2D eigenvalue weighted by Crippen LogP contribution is 2.37. The van der Waals surface area contributed by atoms with Gasteiger partial charge in [0.05, 0.1) is 6.10 Å². The summed E-state index contributed by atoms with van der Waals surface area (Å²) in [6.45, 7) is 3.78. The van der Waals surface area contributed by atoms with E-state index in [0.717, 1.165) is 19.6 Å². The van der Waals surface area contributed by atoms with Crippen molar-refractivity contribution < 1.29 is 4.74 Å². The Hall–Kier alpha value is -0.380. The van der Waals surface area contributed by atoms with Crippen molar-refractivity contribution in [3.63, 3.8) is 0 Å². The fourth-order valence-electron chi connectivity index (χ4n) is 2.05. The summed E-state index contributed by atoms with van der Waals surface area (Å²) in [5.74, 6) is 0.515. The van der Waals surface area contributed by atoms with Crippen LogP contribution < -0.4 is 5.73 Å². The van der Waals surface area contributed by atoms with Gasteiger partial charge in [0, 0.05) is 17.4 Å². The van der Waals surface area contributed by atoms with Crippen molar-refractivity contribution >= 4 is 11.3 Å². The molecule has 0 aromatic carbocycles. The highest BCUT2D eigenvalue weighted by atomic mass is 32.1. The minimum atomic E-state index is 0.258. The van der Waals surface area contributed by atoms with E-state index < -0.39 is 0 Å². The molecule has 1 aliphatic rings. The number of nitrogens with two attached hydrogens (primary N) is 1. The van der Waals surface area contributed by atoms with Crippen LogP contribution in [0.1, 0.15) is 29.4 Å². The van der Waals surface area contributed by atoms with Gasteiger partial charge in [0.1, 0.15) is 0 Å². The third-order valence-electron chi connectivity index (χ3n) is 2.91. The van der Waals surface area contributed by atoms with Gasteiger partial charge >= 0.3 is 0 Å². The maximum Gasteiger partial charge on any atom is 0.0959 e. The van der Waals surface area contributed by atoms with Gasteiger partial charge in [-0.1, -0.05) is 0 Å². The molecule has 0 aliphatic carbocycles. The molecule has 0 saturated carbocycles. The van der Waals surface area contributed by atoms with Gasteiger partial charge < -0.3 is 10.5 Å². The van der Waals surface area contributed by atoms with Crippen LogP contribution in [-0.4, -0.2) is 13.2 Å². The lowest BCUT2D eigenvalue weighted by molar-refractivity contribution is -0.0233. The van der Waals surface area contributed by atoms with Crippen LogP contribution in [0.25, 0.3) is 0 Å². The van der Waals surface area contributed by atoms with Gasteiger partial charge in [-0.05, 0) is 43.3 Å². The number of hydrogen-bond donors (Lipinski definition) is 1. The number of aryl methyl sites for hydroxylation is 1. The maximum absolute atomic E-state index is 5.84. The first-order valence-electron chi connectivity index (χ1n) is 5.18. The van der Waals surface area contributed by atoms with E-state index in [2.05, 4.69) is 18.4 Å². The summed E-state index contributed by atoms with van der Waals surface area (Å²) in [6.07, 6.45) is 2.62. The molecule has 2 atom stereocenters. The molecule has 2 unspecified atom stereocenters. The minimum Gasteiger partial charge on any atom is -0.372 e. The van der Waals surface area contributed by atoms with Crippen molar-refractivity contribution in [3.8, 4) is 0 Å². The zero-order valence-corrected chi connectivity index (χ0v) is 9.35. The van der Waals surface area contributed by atoms with E-state index in [0.29, 0.717) is 5.92 Å². The summed E-state index contributed by atoms with van der Waals surface area (Å²) >= 11 is 1.79. The summed E-state index contributed by atoms with van der Waals surface area (Å²) in [5, 5.41) is 2.14. The molecule has 3 heteroatoms. The Balaban J connectivity index is 2.19. The van der Waals surface area contributed by atoms with Crippen LogP contribution in [0, 0.1) is 12.8 Å². The highest BCUT2D eigenvalue weighted by Gasteiger charge is 2.28. The highest BCUT2D eigenvalue weighted by molar-refractivity contribution is 7.10. The van der Waals surface area contributed by atoms with Crippen LogP contribution in [0.3, 0.4) is 0 Å². The summed E-state index contributed by atoms with van der Waals surface area (Å²) in [7, 11) is 0. The van der Waals surface area contributed by atoms with E-state index in [9.17, 15) is 0 Å². The van der Waals surface area contributed by atoms with Gasteiger partial charge in [-0.2, -0.15) is 0 Å². The van der Waals surface area contributed by atoms with Gasteiger partial charge in [-0.3, -0.25) is 0 Å². The molecular weight excluding hydrogens is 194 g/mol. The Labute approximate surface area is 89.1 Å². The molecule has 1 saturated heterocycles. The Morgan fingerprint density at radius 2 is 2.50 bits per heavy atom. The number of ether oxygens (including phenoxy) is 1. The molecule has 2 rings (SSSR count). The third kappa shape index (κ3) is 1.85. The normalized spacial score (nSPS) is 27.9. The number of thiophene rings is 1. The molecule has 1 fully saturated rings. The van der Waals surface area contributed by atoms with E-state index in [1.807, 2.05) is 0 Å². The molecule has 14 heavy (non-hydrogen) atoms. The van der Waals surface area contributed by atoms with Crippen LogP contribution in [0.4, 0.5) is 0 Å². The Kier molecular flexibility index (Phi) is 3.21. The number of hydrogen-bond acceptors (Lipinski definition) is 3. The molecule has 2 heterocycles. The molecule has 1 aromatic rings. The topological polar surface area (TPSA) is 35.2 Å². The van der Waals surface area contributed by atoms with Crippen molar-refractivity contribution in [1.82, 2.24) is 0 Å². The fraction of sp³-hybridized carbons (Fsp3) is 0.636. The lowest BCUT2D eigenvalue weighted by Gasteiger charge is -2.30. The van der Waals surface area contributed by atoms with Crippen LogP contribution in [-0.2, 0) is 4.74 Å². The molecule has 0 spiro atoms. The van der Waals surface area contributed by atoms with E-state index in [-0.39, 0.29) is 6.10 Å². The van der Waals surface area contributed by atoms with Gasteiger partial charge in [0.15, 0.2) is 0 Å². The predicted octanol–water partition coefficient (Wildman–Crippen LogP) is 2.48. The zero-order chi connectivity index (χ0) is 9.97. The maximum atomic E-state index is 5.84. The first-order chi connectivity index (χ1) is 6.83. The molecule has 2 nitrogen and oxygen atoms in total.